The molecule has 4 aliphatic rings. The van der Waals surface area contributed by atoms with E-state index in [4.69, 9.17) is 18.9 Å². The first kappa shape index (κ1) is 32.2. The van der Waals surface area contributed by atoms with E-state index >= 15 is 0 Å². The van der Waals surface area contributed by atoms with Gasteiger partial charge in [-0.2, -0.15) is 0 Å². The Morgan fingerprint density at radius 1 is 1.12 bits per heavy atom. The number of carbonyl (C=O) groups is 1. The Morgan fingerprint density at radius 2 is 1.84 bits per heavy atom. The van der Waals surface area contributed by atoms with Gasteiger partial charge in [0.25, 0.3) is 0 Å². The van der Waals surface area contributed by atoms with E-state index in [1.165, 1.54) is 26.4 Å². The SMILES string of the molecule is CCCCCCC[C@@H]1Cc2cc(O)c(C(=O)OC)c3c2[C@H](O1)[C@H]1[C@@H](OC)/C=C(/CO)[C@H]2CC(C)(C)[C@]2(O)[C@@H](O)C[C@]1(C)O3. The third-order valence-electron chi connectivity index (χ3n) is 10.9. The van der Waals surface area contributed by atoms with E-state index in [1.807, 2.05) is 26.8 Å². The van der Waals surface area contributed by atoms with Crippen molar-refractivity contribution >= 4 is 5.97 Å². The first-order chi connectivity index (χ1) is 20.4. The molecule has 0 unspecified atom stereocenters. The van der Waals surface area contributed by atoms with Crippen LogP contribution in [0, 0.1) is 17.3 Å². The summed E-state index contributed by atoms with van der Waals surface area (Å²) in [5.41, 5.74) is -1.29. The minimum absolute atomic E-state index is 0.00704. The molecule has 5 rings (SSSR count). The number of phenols is 1. The van der Waals surface area contributed by atoms with Gasteiger partial charge in [0.1, 0.15) is 28.3 Å². The Kier molecular flexibility index (Phi) is 8.97. The minimum Gasteiger partial charge on any atom is -0.507 e. The van der Waals surface area contributed by atoms with Gasteiger partial charge in [0.2, 0.25) is 0 Å². The average Bonchev–Trinajstić information content (AvgIpc) is 2.98. The van der Waals surface area contributed by atoms with Crippen LogP contribution in [0.15, 0.2) is 17.7 Å². The molecule has 0 saturated heterocycles. The molecule has 0 spiro atoms. The van der Waals surface area contributed by atoms with Crippen molar-refractivity contribution in [1.29, 1.82) is 0 Å². The van der Waals surface area contributed by atoms with Gasteiger partial charge in [-0.05, 0) is 48.8 Å². The lowest BCUT2D eigenvalue weighted by Gasteiger charge is -2.62. The molecule has 0 radical (unpaired) electrons. The summed E-state index contributed by atoms with van der Waals surface area (Å²) in [4.78, 5) is 13.0. The Balaban J connectivity index is 1.66. The highest BCUT2D eigenvalue weighted by Crippen LogP contribution is 2.62. The number of ether oxygens (including phenoxy) is 4. The topological polar surface area (TPSA) is 135 Å². The van der Waals surface area contributed by atoms with E-state index in [0.717, 1.165) is 24.8 Å². The normalized spacial score (nSPS) is 37.1. The lowest BCUT2D eigenvalue weighted by atomic mass is 9.47. The second kappa shape index (κ2) is 12.0. The van der Waals surface area contributed by atoms with Crippen LogP contribution in [0.4, 0.5) is 0 Å². The van der Waals surface area contributed by atoms with E-state index in [2.05, 4.69) is 6.92 Å². The van der Waals surface area contributed by atoms with Crippen molar-refractivity contribution in [2.75, 3.05) is 20.8 Å². The van der Waals surface area contributed by atoms with Crippen LogP contribution in [0.3, 0.4) is 0 Å². The summed E-state index contributed by atoms with van der Waals surface area (Å²) in [5.74, 6) is -1.74. The fourth-order valence-electron chi connectivity index (χ4n) is 8.51. The number of benzene rings is 1. The zero-order valence-electron chi connectivity index (χ0n) is 26.5. The molecule has 0 amide bonds. The summed E-state index contributed by atoms with van der Waals surface area (Å²) in [6.07, 6.45) is 6.97. The van der Waals surface area contributed by atoms with E-state index in [9.17, 15) is 25.2 Å². The molecule has 1 aromatic rings. The third kappa shape index (κ3) is 5.19. The number of aromatic hydroxyl groups is 1. The number of methoxy groups -OCH3 is 2. The zero-order chi connectivity index (χ0) is 31.3. The molecule has 2 aliphatic heterocycles. The van der Waals surface area contributed by atoms with E-state index in [0.29, 0.717) is 24.0 Å². The Bertz CT molecular complexity index is 1240. The smallest absolute Gasteiger partial charge is 0.345 e. The van der Waals surface area contributed by atoms with Crippen LogP contribution in [0.25, 0.3) is 0 Å². The number of phenolic OH excluding ortho intramolecular Hbond substituents is 1. The van der Waals surface area contributed by atoms with Gasteiger partial charge in [0.05, 0.1) is 44.1 Å². The molecule has 9 heteroatoms. The summed E-state index contributed by atoms with van der Waals surface area (Å²) in [6, 6.07) is 1.63. The van der Waals surface area contributed by atoms with Crippen molar-refractivity contribution < 1.29 is 44.2 Å². The number of hydrogen-bond acceptors (Lipinski definition) is 9. The van der Waals surface area contributed by atoms with Crippen LogP contribution in [0.2, 0.25) is 0 Å². The molecule has 0 aromatic heterocycles. The number of hydrogen-bond donors (Lipinski definition) is 4. The van der Waals surface area contributed by atoms with Crippen LogP contribution >= 0.6 is 0 Å². The van der Waals surface area contributed by atoms with Crippen molar-refractivity contribution in [2.45, 2.75) is 121 Å². The molecule has 43 heavy (non-hydrogen) atoms. The van der Waals surface area contributed by atoms with Gasteiger partial charge in [0, 0.05) is 25.0 Å². The number of unbranched alkanes of at least 4 members (excludes halogenated alkanes) is 4. The molecule has 2 heterocycles. The van der Waals surface area contributed by atoms with E-state index in [-0.39, 0.29) is 36.2 Å². The van der Waals surface area contributed by atoms with Gasteiger partial charge in [-0.15, -0.1) is 0 Å². The number of carbonyl (C=O) groups excluding carboxylic acids is 1. The van der Waals surface area contributed by atoms with Crippen molar-refractivity contribution in [2.24, 2.45) is 17.3 Å². The van der Waals surface area contributed by atoms with Gasteiger partial charge < -0.3 is 39.4 Å². The minimum atomic E-state index is -1.52. The van der Waals surface area contributed by atoms with E-state index in [1.54, 1.807) is 13.2 Å². The first-order valence-electron chi connectivity index (χ1n) is 15.9. The molecular weight excluding hydrogens is 552 g/mol. The lowest BCUT2D eigenvalue weighted by Crippen LogP contribution is -2.69. The van der Waals surface area contributed by atoms with Crippen LogP contribution in [-0.4, -0.2) is 76.7 Å². The predicted octanol–water partition coefficient (Wildman–Crippen LogP) is 4.76. The second-order valence-corrected chi connectivity index (χ2v) is 14.0. The number of rotatable bonds is 9. The maximum Gasteiger partial charge on any atom is 0.345 e. The second-order valence-electron chi connectivity index (χ2n) is 14.0. The highest BCUT2D eigenvalue weighted by molar-refractivity contribution is 5.96. The van der Waals surface area contributed by atoms with Gasteiger partial charge in [-0.25, -0.2) is 4.79 Å². The molecule has 9 nitrogen and oxygen atoms in total. The molecule has 4 N–H and O–H groups in total. The standard InChI is InChI=1S/C34H50O9/c1-7-8-9-10-11-12-21-13-19-14-23(36)27(31(38)41-6)29-26(19)30(42-21)28-24(40-5)15-20(18-35)22-16-32(2,3)34(22,39)25(37)17-33(28,4)43-29/h14-15,21-22,24-25,28,30,35-37,39H,7-13,16-18H2,1-6H3/b20-15-/t21-,22-,24+,25+,28-,30+,33+,34-/m1/s1. The van der Waals surface area contributed by atoms with Crippen molar-refractivity contribution in [3.05, 3.63) is 34.4 Å². The first-order valence-corrected chi connectivity index (χ1v) is 15.9. The fourth-order valence-corrected chi connectivity index (χ4v) is 8.51. The van der Waals surface area contributed by atoms with Gasteiger partial charge in [-0.1, -0.05) is 59.0 Å². The number of aliphatic hydroxyl groups is 3. The summed E-state index contributed by atoms with van der Waals surface area (Å²) < 4.78 is 24.9. The number of aliphatic hydroxyl groups excluding tert-OH is 2. The molecule has 1 saturated carbocycles. The highest BCUT2D eigenvalue weighted by Gasteiger charge is 2.67. The summed E-state index contributed by atoms with van der Waals surface area (Å²) in [5, 5.41) is 45.5. The maximum absolute atomic E-state index is 13.0. The average molecular weight is 603 g/mol. The van der Waals surface area contributed by atoms with Crippen molar-refractivity contribution in [1.82, 2.24) is 0 Å². The van der Waals surface area contributed by atoms with Crippen LogP contribution in [0.5, 0.6) is 11.5 Å². The molecule has 1 aromatic carbocycles. The van der Waals surface area contributed by atoms with Gasteiger partial charge >= 0.3 is 5.97 Å². The molecule has 8 atom stereocenters. The maximum atomic E-state index is 13.0. The highest BCUT2D eigenvalue weighted by atomic mass is 16.5. The lowest BCUT2D eigenvalue weighted by molar-refractivity contribution is -0.256. The zero-order valence-corrected chi connectivity index (χ0v) is 26.5. The van der Waals surface area contributed by atoms with Gasteiger partial charge in [0.15, 0.2) is 0 Å². The Labute approximate surface area is 255 Å². The van der Waals surface area contributed by atoms with Gasteiger partial charge in [-0.3, -0.25) is 0 Å². The molecule has 0 bridgehead atoms. The molecule has 2 aliphatic carbocycles. The van der Waals surface area contributed by atoms with E-state index < -0.39 is 52.7 Å². The fraction of sp³-hybridized carbons (Fsp3) is 0.735. The monoisotopic (exact) mass is 602 g/mol. The quantitative estimate of drug-likeness (QED) is 0.179. The Hall–Kier alpha value is -2.17. The largest absolute Gasteiger partial charge is 0.507 e. The van der Waals surface area contributed by atoms with Crippen molar-refractivity contribution in [3.8, 4) is 11.5 Å². The molecule has 240 valence electrons. The van der Waals surface area contributed by atoms with Crippen LogP contribution < -0.4 is 4.74 Å². The third-order valence-corrected chi connectivity index (χ3v) is 10.9. The Morgan fingerprint density at radius 3 is 2.47 bits per heavy atom. The predicted molar refractivity (Wildman–Crippen MR) is 160 cm³/mol. The summed E-state index contributed by atoms with van der Waals surface area (Å²) in [6.45, 7) is 7.59. The molecule has 1 fully saturated rings. The number of fused-ring (bicyclic) bond motifs is 3. The summed E-state index contributed by atoms with van der Waals surface area (Å²) in [7, 11) is 2.85. The summed E-state index contributed by atoms with van der Waals surface area (Å²) >= 11 is 0. The van der Waals surface area contributed by atoms with Crippen LogP contribution in [-0.2, 0) is 20.6 Å². The van der Waals surface area contributed by atoms with Crippen LogP contribution in [0.1, 0.15) is 107 Å². The molecular formula is C34H50O9. The number of esters is 1. The van der Waals surface area contributed by atoms with Crippen molar-refractivity contribution in [3.63, 3.8) is 0 Å².